The Hall–Kier alpha value is -2.66. The summed E-state index contributed by atoms with van der Waals surface area (Å²) in [7, 11) is 1.92. The van der Waals surface area contributed by atoms with Crippen LogP contribution in [0.15, 0.2) is 48.5 Å². The zero-order valence-corrected chi connectivity index (χ0v) is 17.9. The maximum Gasteiger partial charge on any atom is 0.227 e. The fraction of sp³-hybridized carbons (Fsp3) is 0.440. The van der Waals surface area contributed by atoms with E-state index < -0.39 is 0 Å². The van der Waals surface area contributed by atoms with Gasteiger partial charge in [0.05, 0.1) is 12.3 Å². The summed E-state index contributed by atoms with van der Waals surface area (Å²) in [5.41, 5.74) is 4.64. The second-order valence-corrected chi connectivity index (χ2v) is 8.64. The van der Waals surface area contributed by atoms with Gasteiger partial charge in [-0.1, -0.05) is 42.5 Å². The highest BCUT2D eigenvalue weighted by Gasteiger charge is 2.41. The van der Waals surface area contributed by atoms with E-state index in [0.29, 0.717) is 24.8 Å². The molecule has 5 heteroatoms. The van der Waals surface area contributed by atoms with Gasteiger partial charge in [0.15, 0.2) is 0 Å². The SMILES string of the molecule is CCNC(=O)Cc1ccc(-c2cccc(CN3C[C@H]4CCN(C)C(=O)[C@H]4C3)c2)cc1. The van der Waals surface area contributed by atoms with Crippen LogP contribution in [0.25, 0.3) is 11.1 Å². The van der Waals surface area contributed by atoms with Crippen LogP contribution in [0.5, 0.6) is 0 Å². The molecule has 158 valence electrons. The Morgan fingerprint density at radius 3 is 2.63 bits per heavy atom. The van der Waals surface area contributed by atoms with Crippen molar-refractivity contribution < 1.29 is 9.59 Å². The van der Waals surface area contributed by atoms with Gasteiger partial charge in [-0.25, -0.2) is 0 Å². The van der Waals surface area contributed by atoms with Crippen molar-refractivity contribution in [3.05, 3.63) is 59.7 Å². The average molecular weight is 406 g/mol. The van der Waals surface area contributed by atoms with E-state index in [9.17, 15) is 9.59 Å². The second-order valence-electron chi connectivity index (χ2n) is 8.64. The first kappa shape index (κ1) is 20.6. The molecule has 0 spiro atoms. The molecule has 0 aromatic heterocycles. The molecule has 2 fully saturated rings. The fourth-order valence-corrected chi connectivity index (χ4v) is 4.78. The Labute approximate surface area is 179 Å². The van der Waals surface area contributed by atoms with Crippen LogP contribution in [0, 0.1) is 11.8 Å². The summed E-state index contributed by atoms with van der Waals surface area (Å²) in [4.78, 5) is 28.5. The lowest BCUT2D eigenvalue weighted by Crippen LogP contribution is -2.42. The molecule has 1 N–H and O–H groups in total. The quantitative estimate of drug-likeness (QED) is 0.804. The number of likely N-dealkylation sites (N-methyl/N-ethyl adjacent to an activating group) is 1. The average Bonchev–Trinajstić information content (AvgIpc) is 3.15. The van der Waals surface area contributed by atoms with Crippen molar-refractivity contribution in [2.24, 2.45) is 11.8 Å². The first-order chi connectivity index (χ1) is 14.5. The minimum atomic E-state index is 0.0584. The molecule has 2 aromatic rings. The Morgan fingerprint density at radius 2 is 1.87 bits per heavy atom. The van der Waals surface area contributed by atoms with Crippen molar-refractivity contribution in [1.29, 1.82) is 0 Å². The van der Waals surface area contributed by atoms with Gasteiger partial charge in [-0.15, -0.1) is 0 Å². The monoisotopic (exact) mass is 405 g/mol. The van der Waals surface area contributed by atoms with Crippen LogP contribution in [0.2, 0.25) is 0 Å². The smallest absolute Gasteiger partial charge is 0.227 e. The lowest BCUT2D eigenvalue weighted by Gasteiger charge is -2.30. The lowest BCUT2D eigenvalue weighted by molar-refractivity contribution is -0.137. The molecule has 2 aliphatic heterocycles. The van der Waals surface area contributed by atoms with Crippen molar-refractivity contribution in [3.63, 3.8) is 0 Å². The highest BCUT2D eigenvalue weighted by Crippen LogP contribution is 2.32. The summed E-state index contributed by atoms with van der Waals surface area (Å²) in [6, 6.07) is 16.9. The van der Waals surface area contributed by atoms with E-state index in [0.717, 1.165) is 43.7 Å². The van der Waals surface area contributed by atoms with Crippen molar-refractivity contribution in [3.8, 4) is 11.1 Å². The van der Waals surface area contributed by atoms with E-state index in [1.807, 2.05) is 31.0 Å². The number of hydrogen-bond acceptors (Lipinski definition) is 3. The number of amides is 2. The zero-order valence-electron chi connectivity index (χ0n) is 17.9. The topological polar surface area (TPSA) is 52.7 Å². The Bertz CT molecular complexity index is 909. The molecule has 2 atom stereocenters. The largest absolute Gasteiger partial charge is 0.356 e. The van der Waals surface area contributed by atoms with Crippen molar-refractivity contribution in [2.45, 2.75) is 26.3 Å². The number of piperidine rings is 1. The van der Waals surface area contributed by atoms with Gasteiger partial charge < -0.3 is 10.2 Å². The van der Waals surface area contributed by atoms with Gasteiger partial charge in [-0.2, -0.15) is 0 Å². The fourth-order valence-electron chi connectivity index (χ4n) is 4.78. The van der Waals surface area contributed by atoms with E-state index in [1.54, 1.807) is 0 Å². The summed E-state index contributed by atoms with van der Waals surface area (Å²) < 4.78 is 0. The number of carbonyl (C=O) groups excluding carboxylic acids is 2. The van der Waals surface area contributed by atoms with Gasteiger partial charge in [0.1, 0.15) is 0 Å². The summed E-state index contributed by atoms with van der Waals surface area (Å²) >= 11 is 0. The molecule has 5 nitrogen and oxygen atoms in total. The van der Waals surface area contributed by atoms with Gasteiger partial charge in [0, 0.05) is 39.8 Å². The van der Waals surface area contributed by atoms with Crippen LogP contribution in [0.4, 0.5) is 0 Å². The summed E-state index contributed by atoms with van der Waals surface area (Å²) in [6.07, 6.45) is 1.53. The van der Waals surface area contributed by atoms with E-state index in [-0.39, 0.29) is 11.8 Å². The van der Waals surface area contributed by atoms with Gasteiger partial charge in [-0.3, -0.25) is 14.5 Å². The Kier molecular flexibility index (Phi) is 6.18. The third kappa shape index (κ3) is 4.57. The molecule has 0 bridgehead atoms. The van der Waals surface area contributed by atoms with E-state index >= 15 is 0 Å². The molecule has 0 aliphatic carbocycles. The highest BCUT2D eigenvalue weighted by molar-refractivity contribution is 5.80. The third-order valence-electron chi connectivity index (χ3n) is 6.40. The van der Waals surface area contributed by atoms with Gasteiger partial charge >= 0.3 is 0 Å². The number of carbonyl (C=O) groups is 2. The van der Waals surface area contributed by atoms with Crippen molar-refractivity contribution in [1.82, 2.24) is 15.1 Å². The van der Waals surface area contributed by atoms with E-state index in [1.165, 1.54) is 11.1 Å². The molecule has 2 heterocycles. The third-order valence-corrected chi connectivity index (χ3v) is 6.40. The molecule has 0 radical (unpaired) electrons. The van der Waals surface area contributed by atoms with Crippen LogP contribution in [0.3, 0.4) is 0 Å². The maximum atomic E-state index is 12.4. The standard InChI is InChI=1S/C25H31N3O2/c1-3-26-24(29)14-18-7-9-20(10-8-18)21-6-4-5-19(13-21)15-28-16-22-11-12-27(2)25(30)23(22)17-28/h4-10,13,22-23H,3,11-12,14-17H2,1-2H3,(H,26,29)/t22-,23+/m1/s1. The highest BCUT2D eigenvalue weighted by atomic mass is 16.2. The van der Waals surface area contributed by atoms with Crippen LogP contribution >= 0.6 is 0 Å². The van der Waals surface area contributed by atoms with Crippen LogP contribution in [0.1, 0.15) is 24.5 Å². The first-order valence-corrected chi connectivity index (χ1v) is 11.0. The zero-order chi connectivity index (χ0) is 21.1. The van der Waals surface area contributed by atoms with Crippen molar-refractivity contribution >= 4 is 11.8 Å². The van der Waals surface area contributed by atoms with Crippen molar-refractivity contribution in [2.75, 3.05) is 33.2 Å². The Balaban J connectivity index is 1.41. The summed E-state index contributed by atoms with van der Waals surface area (Å²) in [6.45, 7) is 6.25. The molecule has 30 heavy (non-hydrogen) atoms. The number of rotatable bonds is 6. The van der Waals surface area contributed by atoms with Gasteiger partial charge in [0.2, 0.25) is 11.8 Å². The number of fused-ring (bicyclic) bond motifs is 1. The molecule has 4 rings (SSSR count). The van der Waals surface area contributed by atoms with Crippen LogP contribution < -0.4 is 5.32 Å². The molecular formula is C25H31N3O2. The Morgan fingerprint density at radius 1 is 1.07 bits per heavy atom. The summed E-state index contributed by atoms with van der Waals surface area (Å²) in [5.74, 6) is 1.05. The van der Waals surface area contributed by atoms with Crippen LogP contribution in [-0.2, 0) is 22.6 Å². The number of benzene rings is 2. The molecule has 2 saturated heterocycles. The van der Waals surface area contributed by atoms with Gasteiger partial charge in [0.25, 0.3) is 0 Å². The number of nitrogens with one attached hydrogen (secondary N) is 1. The minimum Gasteiger partial charge on any atom is -0.356 e. The van der Waals surface area contributed by atoms with E-state index in [4.69, 9.17) is 0 Å². The number of nitrogens with zero attached hydrogens (tertiary/aromatic N) is 2. The normalized spacial score (nSPS) is 21.5. The van der Waals surface area contributed by atoms with Crippen LogP contribution in [-0.4, -0.2) is 54.8 Å². The molecule has 0 saturated carbocycles. The molecular weight excluding hydrogens is 374 g/mol. The predicted molar refractivity (Wildman–Crippen MR) is 119 cm³/mol. The lowest BCUT2D eigenvalue weighted by atomic mass is 9.88. The molecule has 2 aromatic carbocycles. The van der Waals surface area contributed by atoms with E-state index in [2.05, 4.69) is 46.6 Å². The number of likely N-dealkylation sites (tertiary alicyclic amines) is 2. The number of hydrogen-bond donors (Lipinski definition) is 1. The van der Waals surface area contributed by atoms with Gasteiger partial charge in [-0.05, 0) is 47.6 Å². The molecule has 2 amide bonds. The predicted octanol–water partition coefficient (Wildman–Crippen LogP) is 2.94. The first-order valence-electron chi connectivity index (χ1n) is 11.0. The maximum absolute atomic E-state index is 12.4. The minimum absolute atomic E-state index is 0.0584. The molecule has 2 aliphatic rings. The molecule has 0 unspecified atom stereocenters. The summed E-state index contributed by atoms with van der Waals surface area (Å²) in [5, 5.41) is 2.84. The second kappa shape index (κ2) is 9.00.